The van der Waals surface area contributed by atoms with Crippen LogP contribution in [0.25, 0.3) is 0 Å². The molecular weight excluding hydrogens is 480 g/mol. The third kappa shape index (κ3) is 6.93. The minimum Gasteiger partial charge on any atom is -0.483 e. The predicted molar refractivity (Wildman–Crippen MR) is 134 cm³/mol. The molecule has 0 unspecified atom stereocenters. The van der Waals surface area contributed by atoms with E-state index in [0.29, 0.717) is 18.7 Å². The van der Waals surface area contributed by atoms with E-state index in [9.17, 15) is 9.59 Å². The summed E-state index contributed by atoms with van der Waals surface area (Å²) in [6, 6.07) is 22.6. The molecule has 33 heavy (non-hydrogen) atoms. The number of carbonyl (C=O) groups excluding carboxylic acids is 2. The van der Waals surface area contributed by atoms with Crippen LogP contribution in [-0.2, 0) is 22.6 Å². The van der Waals surface area contributed by atoms with E-state index in [4.69, 9.17) is 4.74 Å². The Morgan fingerprint density at radius 1 is 0.970 bits per heavy atom. The Labute approximate surface area is 203 Å². The van der Waals surface area contributed by atoms with Gasteiger partial charge in [0.15, 0.2) is 6.61 Å². The molecule has 0 aromatic heterocycles. The summed E-state index contributed by atoms with van der Waals surface area (Å²) in [5.41, 5.74) is 4.01. The minimum absolute atomic E-state index is 0.150. The number of carbonyl (C=O) groups is 2. The number of likely N-dealkylation sites (N-methyl/N-ethyl adjacent to an activating group) is 1. The van der Waals surface area contributed by atoms with Gasteiger partial charge in [0.25, 0.3) is 5.91 Å². The molecule has 3 aromatic carbocycles. The largest absolute Gasteiger partial charge is 0.483 e. The maximum Gasteiger partial charge on any atom is 0.261 e. The van der Waals surface area contributed by atoms with E-state index < -0.39 is 6.04 Å². The van der Waals surface area contributed by atoms with Gasteiger partial charge in [-0.2, -0.15) is 0 Å². The van der Waals surface area contributed by atoms with Gasteiger partial charge in [-0.15, -0.1) is 0 Å². The van der Waals surface area contributed by atoms with Crippen LogP contribution in [0.5, 0.6) is 5.75 Å². The van der Waals surface area contributed by atoms with Crippen molar-refractivity contribution in [1.29, 1.82) is 0 Å². The Bertz CT molecular complexity index is 1080. The maximum absolute atomic E-state index is 13.4. The summed E-state index contributed by atoms with van der Waals surface area (Å²) in [5.74, 6) is 0.204. The summed E-state index contributed by atoms with van der Waals surface area (Å²) >= 11 is 3.45. The summed E-state index contributed by atoms with van der Waals surface area (Å²) < 4.78 is 6.83. The number of ether oxygens (including phenoxy) is 1. The highest BCUT2D eigenvalue weighted by molar-refractivity contribution is 9.10. The van der Waals surface area contributed by atoms with Gasteiger partial charge in [0.2, 0.25) is 5.91 Å². The molecule has 1 atom stereocenters. The minimum atomic E-state index is -0.670. The number of rotatable bonds is 9. The molecule has 0 saturated carbocycles. The quantitative estimate of drug-likeness (QED) is 0.450. The molecule has 0 spiro atoms. The van der Waals surface area contributed by atoms with Gasteiger partial charge in [0, 0.05) is 24.5 Å². The van der Waals surface area contributed by atoms with Crippen molar-refractivity contribution in [3.8, 4) is 5.75 Å². The van der Waals surface area contributed by atoms with E-state index in [1.165, 1.54) is 0 Å². The van der Waals surface area contributed by atoms with Crippen LogP contribution in [0.1, 0.15) is 22.3 Å². The zero-order chi connectivity index (χ0) is 23.8. The van der Waals surface area contributed by atoms with Gasteiger partial charge in [-0.1, -0.05) is 76.1 Å². The van der Waals surface area contributed by atoms with Crippen molar-refractivity contribution in [2.24, 2.45) is 0 Å². The summed E-state index contributed by atoms with van der Waals surface area (Å²) in [5, 5.41) is 2.72. The first kappa shape index (κ1) is 24.5. The summed E-state index contributed by atoms with van der Waals surface area (Å²) in [7, 11) is 1.59. The molecule has 172 valence electrons. The average molecular weight is 509 g/mol. The monoisotopic (exact) mass is 508 g/mol. The Kier molecular flexibility index (Phi) is 8.66. The van der Waals surface area contributed by atoms with Gasteiger partial charge >= 0.3 is 0 Å². The molecule has 0 radical (unpaired) electrons. The highest BCUT2D eigenvalue weighted by atomic mass is 79.9. The molecule has 0 aliphatic heterocycles. The number of nitrogens with one attached hydrogen (secondary N) is 1. The number of halogens is 1. The molecule has 0 bridgehead atoms. The van der Waals surface area contributed by atoms with Gasteiger partial charge in [-0.25, -0.2) is 0 Å². The van der Waals surface area contributed by atoms with E-state index in [0.717, 1.165) is 26.7 Å². The van der Waals surface area contributed by atoms with Crippen LogP contribution < -0.4 is 10.1 Å². The first-order valence-electron chi connectivity index (χ1n) is 10.9. The Hall–Kier alpha value is -3.12. The molecule has 0 aliphatic rings. The van der Waals surface area contributed by atoms with E-state index in [1.54, 1.807) is 11.9 Å². The number of hydrogen-bond acceptors (Lipinski definition) is 3. The molecule has 2 amide bonds. The number of nitrogens with zero attached hydrogens (tertiary/aromatic N) is 1. The van der Waals surface area contributed by atoms with Crippen LogP contribution in [0.3, 0.4) is 0 Å². The lowest BCUT2D eigenvalue weighted by atomic mass is 10.0. The second kappa shape index (κ2) is 11.7. The first-order chi connectivity index (χ1) is 15.9. The lowest BCUT2D eigenvalue weighted by molar-refractivity contribution is -0.142. The molecular formula is C27H29BrN2O3. The summed E-state index contributed by atoms with van der Waals surface area (Å²) in [6.07, 6.45) is 0.409. The number of amides is 2. The van der Waals surface area contributed by atoms with Crippen LogP contribution in [0.2, 0.25) is 0 Å². The van der Waals surface area contributed by atoms with Crippen molar-refractivity contribution in [1.82, 2.24) is 10.2 Å². The highest BCUT2D eigenvalue weighted by Crippen LogP contribution is 2.20. The Morgan fingerprint density at radius 2 is 1.67 bits per heavy atom. The lowest BCUT2D eigenvalue weighted by Gasteiger charge is -2.31. The standard InChI is InChI=1S/C27H29BrN2O3/c1-19-9-14-25(20(2)15-19)33-18-26(31)30(17-22-10-12-23(28)13-11-22)24(27(32)29-3)16-21-7-5-4-6-8-21/h4-15,24H,16-18H2,1-3H3,(H,29,32)/t24-/m1/s1. The van der Waals surface area contributed by atoms with Crippen LogP contribution >= 0.6 is 15.9 Å². The third-order valence-electron chi connectivity index (χ3n) is 5.47. The topological polar surface area (TPSA) is 58.6 Å². The van der Waals surface area contributed by atoms with E-state index in [1.807, 2.05) is 86.6 Å². The molecule has 0 aliphatic carbocycles. The fraction of sp³-hybridized carbons (Fsp3) is 0.259. The Morgan fingerprint density at radius 3 is 2.30 bits per heavy atom. The van der Waals surface area contributed by atoms with Gasteiger partial charge < -0.3 is 15.0 Å². The number of benzene rings is 3. The number of aryl methyl sites for hydroxylation is 2. The van der Waals surface area contributed by atoms with Crippen molar-refractivity contribution < 1.29 is 14.3 Å². The zero-order valence-corrected chi connectivity index (χ0v) is 20.8. The highest BCUT2D eigenvalue weighted by Gasteiger charge is 2.30. The van der Waals surface area contributed by atoms with E-state index >= 15 is 0 Å². The third-order valence-corrected chi connectivity index (χ3v) is 5.99. The van der Waals surface area contributed by atoms with E-state index in [-0.39, 0.29) is 18.4 Å². The first-order valence-corrected chi connectivity index (χ1v) is 11.7. The van der Waals surface area contributed by atoms with Crippen molar-refractivity contribution >= 4 is 27.7 Å². The predicted octanol–water partition coefficient (Wildman–Crippen LogP) is 4.83. The smallest absolute Gasteiger partial charge is 0.261 e. The molecule has 0 saturated heterocycles. The summed E-state index contributed by atoms with van der Waals surface area (Å²) in [6.45, 7) is 4.12. The lowest BCUT2D eigenvalue weighted by Crippen LogP contribution is -2.51. The molecule has 3 aromatic rings. The second-order valence-corrected chi connectivity index (χ2v) is 8.94. The molecule has 0 heterocycles. The van der Waals surface area contributed by atoms with Gasteiger partial charge in [-0.3, -0.25) is 9.59 Å². The normalized spacial score (nSPS) is 11.5. The summed E-state index contributed by atoms with van der Waals surface area (Å²) in [4.78, 5) is 28.0. The second-order valence-electron chi connectivity index (χ2n) is 8.03. The van der Waals surface area contributed by atoms with Crippen molar-refractivity contribution in [3.63, 3.8) is 0 Å². The molecule has 3 rings (SSSR count). The van der Waals surface area contributed by atoms with Crippen LogP contribution in [0, 0.1) is 13.8 Å². The van der Waals surface area contributed by atoms with E-state index in [2.05, 4.69) is 21.2 Å². The van der Waals surface area contributed by atoms with Crippen molar-refractivity contribution in [2.75, 3.05) is 13.7 Å². The SMILES string of the molecule is CNC(=O)[C@@H](Cc1ccccc1)N(Cc1ccc(Br)cc1)C(=O)COc1ccc(C)cc1C. The van der Waals surface area contributed by atoms with Crippen molar-refractivity contribution in [3.05, 3.63) is 99.5 Å². The fourth-order valence-electron chi connectivity index (χ4n) is 3.69. The molecule has 5 nitrogen and oxygen atoms in total. The van der Waals surface area contributed by atoms with Crippen LogP contribution in [-0.4, -0.2) is 36.4 Å². The molecule has 6 heteroatoms. The van der Waals surface area contributed by atoms with Crippen molar-refractivity contribution in [2.45, 2.75) is 32.9 Å². The van der Waals surface area contributed by atoms with Crippen LogP contribution in [0.15, 0.2) is 77.3 Å². The van der Waals surface area contributed by atoms with Crippen LogP contribution in [0.4, 0.5) is 0 Å². The molecule has 1 N–H and O–H groups in total. The Balaban J connectivity index is 1.87. The molecule has 0 fully saturated rings. The zero-order valence-electron chi connectivity index (χ0n) is 19.2. The fourth-order valence-corrected chi connectivity index (χ4v) is 3.96. The van der Waals surface area contributed by atoms with Gasteiger partial charge in [-0.05, 0) is 48.7 Å². The maximum atomic E-state index is 13.4. The number of hydrogen-bond donors (Lipinski definition) is 1. The van der Waals surface area contributed by atoms with Gasteiger partial charge in [0.05, 0.1) is 0 Å². The van der Waals surface area contributed by atoms with Gasteiger partial charge in [0.1, 0.15) is 11.8 Å². The average Bonchev–Trinajstić information content (AvgIpc) is 2.82.